The molecule has 1 atom stereocenters. The highest BCUT2D eigenvalue weighted by Crippen LogP contribution is 2.22. The van der Waals surface area contributed by atoms with Gasteiger partial charge in [0.25, 0.3) is 0 Å². The van der Waals surface area contributed by atoms with E-state index in [2.05, 4.69) is 21.5 Å². The molecule has 5 heteroatoms. The lowest BCUT2D eigenvalue weighted by molar-refractivity contribution is -0.154. The fourth-order valence-electron chi connectivity index (χ4n) is 3.37. The Morgan fingerprint density at radius 2 is 1.57 bits per heavy atom. The monoisotopic (exact) mass is 298 g/mol. The van der Waals surface area contributed by atoms with Crippen LogP contribution in [-0.2, 0) is 9.53 Å². The number of aliphatic hydroxyl groups is 1. The van der Waals surface area contributed by atoms with E-state index in [1.165, 1.54) is 33.0 Å². The number of rotatable bonds is 5. The summed E-state index contributed by atoms with van der Waals surface area (Å²) < 4.78 is 4.62. The van der Waals surface area contributed by atoms with E-state index in [1.807, 2.05) is 0 Å². The van der Waals surface area contributed by atoms with Crippen LogP contribution < -0.4 is 0 Å². The minimum Gasteiger partial charge on any atom is -0.467 e. The van der Waals surface area contributed by atoms with Crippen LogP contribution in [0.3, 0.4) is 0 Å². The van der Waals surface area contributed by atoms with E-state index in [1.54, 1.807) is 0 Å². The maximum atomic E-state index is 11.4. The highest BCUT2D eigenvalue weighted by Gasteiger charge is 2.30. The molecule has 0 aromatic heterocycles. The molecule has 0 saturated carbocycles. The summed E-state index contributed by atoms with van der Waals surface area (Å²) in [6, 6.07) is 0. The van der Waals surface area contributed by atoms with Gasteiger partial charge < -0.3 is 19.6 Å². The Morgan fingerprint density at radius 3 is 2.05 bits per heavy atom. The summed E-state index contributed by atoms with van der Waals surface area (Å²) in [6.07, 6.45) is 3.47. The van der Waals surface area contributed by atoms with E-state index >= 15 is 0 Å². The number of hydrogen-bond acceptors (Lipinski definition) is 5. The second kappa shape index (κ2) is 8.11. The van der Waals surface area contributed by atoms with E-state index in [0.717, 1.165) is 44.9 Å². The number of piperidine rings is 2. The van der Waals surface area contributed by atoms with E-state index < -0.39 is 12.1 Å². The second-order valence-electron chi connectivity index (χ2n) is 6.67. The molecule has 2 aliphatic heterocycles. The molecule has 1 N–H and O–H groups in total. The van der Waals surface area contributed by atoms with E-state index in [4.69, 9.17) is 0 Å². The molecule has 0 aliphatic carbocycles. The second-order valence-corrected chi connectivity index (χ2v) is 6.67. The van der Waals surface area contributed by atoms with Gasteiger partial charge in [-0.05, 0) is 63.7 Å². The third-order valence-electron chi connectivity index (χ3n) is 5.13. The summed E-state index contributed by atoms with van der Waals surface area (Å²) in [5.41, 5.74) is 0. The lowest BCUT2D eigenvalue weighted by atomic mass is 9.91. The summed E-state index contributed by atoms with van der Waals surface area (Å²) in [6.45, 7) is 9.02. The topological polar surface area (TPSA) is 53.0 Å². The normalized spacial score (nSPS) is 24.9. The van der Waals surface area contributed by atoms with Gasteiger partial charge in [-0.15, -0.1) is 0 Å². The van der Waals surface area contributed by atoms with Gasteiger partial charge in [0.05, 0.1) is 7.11 Å². The zero-order chi connectivity index (χ0) is 15.2. The van der Waals surface area contributed by atoms with Crippen molar-refractivity contribution in [3.8, 4) is 0 Å². The van der Waals surface area contributed by atoms with Crippen LogP contribution in [0.5, 0.6) is 0 Å². The van der Waals surface area contributed by atoms with Crippen LogP contribution in [0, 0.1) is 11.8 Å². The lowest BCUT2D eigenvalue weighted by Crippen LogP contribution is -2.44. The third-order valence-corrected chi connectivity index (χ3v) is 5.13. The minimum atomic E-state index is -0.944. The molecule has 0 amide bonds. The molecule has 5 nitrogen and oxygen atoms in total. The van der Waals surface area contributed by atoms with Crippen LogP contribution in [0.4, 0.5) is 0 Å². The van der Waals surface area contributed by atoms with Gasteiger partial charge in [0.1, 0.15) is 0 Å². The van der Waals surface area contributed by atoms with Crippen molar-refractivity contribution >= 4 is 5.97 Å². The number of esters is 1. The molecule has 2 saturated heterocycles. The van der Waals surface area contributed by atoms with Gasteiger partial charge in [-0.1, -0.05) is 6.92 Å². The summed E-state index contributed by atoms with van der Waals surface area (Å²) in [4.78, 5) is 16.4. The van der Waals surface area contributed by atoms with Gasteiger partial charge >= 0.3 is 5.97 Å². The maximum absolute atomic E-state index is 11.4. The van der Waals surface area contributed by atoms with Crippen molar-refractivity contribution in [1.82, 2.24) is 9.80 Å². The zero-order valence-corrected chi connectivity index (χ0v) is 13.5. The summed E-state index contributed by atoms with van der Waals surface area (Å²) >= 11 is 0. The Morgan fingerprint density at radius 1 is 1.10 bits per heavy atom. The molecule has 0 radical (unpaired) electrons. The maximum Gasteiger partial charge on any atom is 0.334 e. The molecule has 2 heterocycles. The average molecular weight is 298 g/mol. The zero-order valence-electron chi connectivity index (χ0n) is 13.5. The van der Waals surface area contributed by atoms with Gasteiger partial charge in [-0.25, -0.2) is 4.79 Å². The summed E-state index contributed by atoms with van der Waals surface area (Å²) in [7, 11) is 1.33. The average Bonchev–Trinajstić information content (AvgIpc) is 2.53. The smallest absolute Gasteiger partial charge is 0.334 e. The highest BCUT2D eigenvalue weighted by molar-refractivity contribution is 5.74. The van der Waals surface area contributed by atoms with Crippen molar-refractivity contribution in [1.29, 1.82) is 0 Å². The lowest BCUT2D eigenvalue weighted by Gasteiger charge is -2.36. The Labute approximate surface area is 128 Å². The van der Waals surface area contributed by atoms with E-state index in [9.17, 15) is 9.90 Å². The number of likely N-dealkylation sites (tertiary alicyclic amines) is 2. The van der Waals surface area contributed by atoms with Crippen LogP contribution in [0.2, 0.25) is 0 Å². The van der Waals surface area contributed by atoms with Gasteiger partial charge in [0.15, 0.2) is 6.10 Å². The van der Waals surface area contributed by atoms with E-state index in [0.29, 0.717) is 0 Å². The third kappa shape index (κ3) is 4.94. The van der Waals surface area contributed by atoms with Crippen molar-refractivity contribution in [2.45, 2.75) is 38.7 Å². The number of aliphatic hydroxyl groups excluding tert-OH is 1. The molecule has 2 rings (SSSR count). The number of hydrogen-bond donors (Lipinski definition) is 1. The first-order chi connectivity index (χ1) is 10.1. The molecule has 0 bridgehead atoms. The van der Waals surface area contributed by atoms with Crippen molar-refractivity contribution in [3.05, 3.63) is 0 Å². The standard InChI is InChI=1S/C16H30N2O3/c1-13-3-7-17(8-4-13)11-12-18-9-5-14(6-10-18)15(19)16(20)21-2/h13-15,19H,3-12H2,1-2H3. The van der Waals surface area contributed by atoms with Crippen LogP contribution >= 0.6 is 0 Å². The fraction of sp³-hybridized carbons (Fsp3) is 0.938. The van der Waals surface area contributed by atoms with Gasteiger partial charge in [0.2, 0.25) is 0 Å². The molecule has 0 aromatic carbocycles. The van der Waals surface area contributed by atoms with Crippen molar-refractivity contribution in [3.63, 3.8) is 0 Å². The SMILES string of the molecule is COC(=O)C(O)C1CCN(CCN2CCC(C)CC2)CC1. The molecule has 0 aromatic rings. The van der Waals surface area contributed by atoms with E-state index in [-0.39, 0.29) is 5.92 Å². The first-order valence-corrected chi connectivity index (χ1v) is 8.30. The highest BCUT2D eigenvalue weighted by atomic mass is 16.5. The molecule has 2 aliphatic rings. The Kier molecular flexibility index (Phi) is 6.45. The van der Waals surface area contributed by atoms with Crippen LogP contribution in [-0.4, -0.2) is 73.4 Å². The van der Waals surface area contributed by atoms with Crippen molar-refractivity contribution in [2.75, 3.05) is 46.4 Å². The Hall–Kier alpha value is -0.650. The summed E-state index contributed by atoms with van der Waals surface area (Å²) in [5.74, 6) is 0.456. The fourth-order valence-corrected chi connectivity index (χ4v) is 3.37. The van der Waals surface area contributed by atoms with Gasteiger partial charge in [0, 0.05) is 13.1 Å². The number of carbonyl (C=O) groups excluding carboxylic acids is 1. The molecule has 2 fully saturated rings. The van der Waals surface area contributed by atoms with Gasteiger partial charge in [-0.3, -0.25) is 0 Å². The first kappa shape index (κ1) is 16.7. The molecule has 21 heavy (non-hydrogen) atoms. The van der Waals surface area contributed by atoms with Gasteiger partial charge in [-0.2, -0.15) is 0 Å². The summed E-state index contributed by atoms with van der Waals surface area (Å²) in [5, 5.41) is 9.89. The molecular formula is C16H30N2O3. The van der Waals surface area contributed by atoms with Crippen molar-refractivity contribution in [2.24, 2.45) is 11.8 Å². The molecule has 1 unspecified atom stereocenters. The van der Waals surface area contributed by atoms with Crippen LogP contribution in [0.1, 0.15) is 32.6 Å². The number of nitrogens with zero attached hydrogens (tertiary/aromatic N) is 2. The Bertz CT molecular complexity index is 321. The quantitative estimate of drug-likeness (QED) is 0.766. The van der Waals surface area contributed by atoms with Crippen LogP contribution in [0.25, 0.3) is 0 Å². The number of carbonyl (C=O) groups is 1. The number of methoxy groups -OCH3 is 1. The molecule has 0 spiro atoms. The minimum absolute atomic E-state index is 0.0598. The first-order valence-electron chi connectivity index (χ1n) is 8.30. The molecular weight excluding hydrogens is 268 g/mol. The predicted octanol–water partition coefficient (Wildman–Crippen LogP) is 0.964. The van der Waals surface area contributed by atoms with Crippen molar-refractivity contribution < 1.29 is 14.6 Å². The van der Waals surface area contributed by atoms with Crippen LogP contribution in [0.15, 0.2) is 0 Å². The number of ether oxygens (including phenoxy) is 1. The largest absolute Gasteiger partial charge is 0.467 e. The molecule has 122 valence electrons. The predicted molar refractivity (Wildman–Crippen MR) is 82.0 cm³/mol. The Balaban J connectivity index is 1.64.